The van der Waals surface area contributed by atoms with Gasteiger partial charge in [-0.25, -0.2) is 0 Å². The molecule has 0 saturated heterocycles. The Morgan fingerprint density at radius 3 is 2.53 bits per heavy atom. The SMILES string of the molecule is Cc1cc(-c2nnc(N(CC3CC3)C(=O)Cc3ccccc3O)s2)cc(C)c1C=O. The van der Waals surface area contributed by atoms with Crippen molar-refractivity contribution >= 4 is 28.7 Å². The van der Waals surface area contributed by atoms with Gasteiger partial charge in [-0.15, -0.1) is 10.2 Å². The molecule has 1 aliphatic carbocycles. The molecule has 1 aromatic heterocycles. The van der Waals surface area contributed by atoms with E-state index in [1.807, 2.05) is 32.0 Å². The molecule has 3 aromatic rings. The Kier molecular flexibility index (Phi) is 5.63. The number of anilines is 1. The van der Waals surface area contributed by atoms with Crippen molar-refractivity contribution in [3.8, 4) is 16.3 Å². The van der Waals surface area contributed by atoms with Crippen LogP contribution in [0.1, 0.15) is 39.9 Å². The van der Waals surface area contributed by atoms with Gasteiger partial charge in [0.15, 0.2) is 6.29 Å². The van der Waals surface area contributed by atoms with E-state index in [2.05, 4.69) is 10.2 Å². The van der Waals surface area contributed by atoms with E-state index in [9.17, 15) is 14.7 Å². The highest BCUT2D eigenvalue weighted by Gasteiger charge is 2.30. The Hall–Kier alpha value is -3.06. The van der Waals surface area contributed by atoms with Crippen LogP contribution < -0.4 is 4.90 Å². The van der Waals surface area contributed by atoms with Crippen LogP contribution in [0.5, 0.6) is 5.75 Å². The van der Waals surface area contributed by atoms with Crippen LogP contribution in [0.15, 0.2) is 36.4 Å². The first-order valence-electron chi connectivity index (χ1n) is 9.93. The van der Waals surface area contributed by atoms with Gasteiger partial charge in [0.2, 0.25) is 11.0 Å². The highest BCUT2D eigenvalue weighted by molar-refractivity contribution is 7.18. The van der Waals surface area contributed by atoms with Crippen molar-refractivity contribution in [2.24, 2.45) is 5.92 Å². The Morgan fingerprint density at radius 1 is 1.20 bits per heavy atom. The van der Waals surface area contributed by atoms with E-state index in [0.29, 0.717) is 33.7 Å². The molecule has 1 heterocycles. The number of nitrogens with zero attached hydrogens (tertiary/aromatic N) is 3. The van der Waals surface area contributed by atoms with Crippen molar-refractivity contribution < 1.29 is 14.7 Å². The van der Waals surface area contributed by atoms with Crippen molar-refractivity contribution in [3.05, 3.63) is 58.7 Å². The number of aromatic nitrogens is 2. The molecule has 2 aromatic carbocycles. The molecule has 0 aliphatic heterocycles. The number of aromatic hydroxyl groups is 1. The molecule has 1 amide bonds. The Labute approximate surface area is 179 Å². The summed E-state index contributed by atoms with van der Waals surface area (Å²) in [6.07, 6.45) is 3.20. The first-order chi connectivity index (χ1) is 14.5. The summed E-state index contributed by atoms with van der Waals surface area (Å²) in [5.74, 6) is 0.508. The number of aryl methyl sites for hydroxylation is 2. The molecule has 1 fully saturated rings. The quantitative estimate of drug-likeness (QED) is 0.574. The summed E-state index contributed by atoms with van der Waals surface area (Å²) in [5, 5.41) is 19.9. The third-order valence-corrected chi connectivity index (χ3v) is 6.37. The van der Waals surface area contributed by atoms with Gasteiger partial charge in [0.1, 0.15) is 10.8 Å². The van der Waals surface area contributed by atoms with Gasteiger partial charge in [-0.1, -0.05) is 29.5 Å². The third-order valence-electron chi connectivity index (χ3n) is 5.38. The maximum atomic E-state index is 13.1. The van der Waals surface area contributed by atoms with Gasteiger partial charge in [0, 0.05) is 23.2 Å². The highest BCUT2D eigenvalue weighted by atomic mass is 32.1. The fourth-order valence-electron chi connectivity index (χ4n) is 3.49. The number of rotatable bonds is 7. The van der Waals surface area contributed by atoms with Crippen LogP contribution in [0.3, 0.4) is 0 Å². The van der Waals surface area contributed by atoms with Crippen molar-refractivity contribution in [2.75, 3.05) is 11.4 Å². The van der Waals surface area contributed by atoms with Gasteiger partial charge < -0.3 is 5.11 Å². The smallest absolute Gasteiger partial charge is 0.233 e. The average molecular weight is 422 g/mol. The number of para-hydroxylation sites is 1. The van der Waals surface area contributed by atoms with Crippen molar-refractivity contribution in [3.63, 3.8) is 0 Å². The summed E-state index contributed by atoms with van der Waals surface area (Å²) in [5.41, 5.74) is 3.96. The van der Waals surface area contributed by atoms with E-state index >= 15 is 0 Å². The zero-order valence-electron chi connectivity index (χ0n) is 17.0. The summed E-state index contributed by atoms with van der Waals surface area (Å²) in [4.78, 5) is 26.0. The van der Waals surface area contributed by atoms with Crippen LogP contribution in [0.2, 0.25) is 0 Å². The van der Waals surface area contributed by atoms with Crippen LogP contribution in [-0.4, -0.2) is 34.0 Å². The van der Waals surface area contributed by atoms with Crippen LogP contribution in [0, 0.1) is 19.8 Å². The molecule has 7 heteroatoms. The predicted octanol–water partition coefficient (Wildman–Crippen LogP) is 4.33. The minimum absolute atomic E-state index is 0.102. The normalized spacial score (nSPS) is 13.3. The molecular weight excluding hydrogens is 398 g/mol. The van der Waals surface area contributed by atoms with Gasteiger partial charge in [-0.3, -0.25) is 14.5 Å². The minimum atomic E-state index is -0.102. The van der Waals surface area contributed by atoms with Gasteiger partial charge in [-0.2, -0.15) is 0 Å². The monoisotopic (exact) mass is 421 g/mol. The molecule has 0 unspecified atom stereocenters. The number of hydrogen-bond acceptors (Lipinski definition) is 6. The van der Waals surface area contributed by atoms with Gasteiger partial charge in [0.05, 0.1) is 6.42 Å². The molecule has 1 saturated carbocycles. The molecule has 30 heavy (non-hydrogen) atoms. The molecule has 1 aliphatic rings. The molecule has 154 valence electrons. The molecule has 1 N–H and O–H groups in total. The topological polar surface area (TPSA) is 83.4 Å². The lowest BCUT2D eigenvalue weighted by molar-refractivity contribution is -0.118. The van der Waals surface area contributed by atoms with Crippen LogP contribution in [0.4, 0.5) is 5.13 Å². The van der Waals surface area contributed by atoms with E-state index in [0.717, 1.165) is 35.8 Å². The zero-order chi connectivity index (χ0) is 21.3. The van der Waals surface area contributed by atoms with E-state index in [-0.39, 0.29) is 18.1 Å². The fourth-order valence-corrected chi connectivity index (χ4v) is 4.35. The van der Waals surface area contributed by atoms with Crippen LogP contribution in [-0.2, 0) is 11.2 Å². The minimum Gasteiger partial charge on any atom is -0.508 e. The summed E-state index contributed by atoms with van der Waals surface area (Å²) in [6.45, 7) is 4.41. The van der Waals surface area contributed by atoms with Crippen molar-refractivity contribution in [1.29, 1.82) is 0 Å². The Morgan fingerprint density at radius 2 is 1.90 bits per heavy atom. The van der Waals surface area contributed by atoms with E-state index in [4.69, 9.17) is 0 Å². The second-order valence-electron chi connectivity index (χ2n) is 7.78. The number of benzene rings is 2. The first kappa shape index (κ1) is 20.2. The summed E-state index contributed by atoms with van der Waals surface area (Å²) < 4.78 is 0. The molecular formula is C23H23N3O3S. The van der Waals surface area contributed by atoms with Gasteiger partial charge in [0.25, 0.3) is 0 Å². The summed E-state index contributed by atoms with van der Waals surface area (Å²) >= 11 is 1.37. The van der Waals surface area contributed by atoms with E-state index in [1.54, 1.807) is 23.1 Å². The molecule has 6 nitrogen and oxygen atoms in total. The Balaban J connectivity index is 1.61. The number of carbonyl (C=O) groups excluding carboxylic acids is 2. The van der Waals surface area contributed by atoms with Crippen LogP contribution in [0.25, 0.3) is 10.6 Å². The third kappa shape index (κ3) is 4.26. The van der Waals surface area contributed by atoms with Gasteiger partial charge in [-0.05, 0) is 61.9 Å². The maximum Gasteiger partial charge on any atom is 0.233 e. The molecule has 4 rings (SSSR count). The summed E-state index contributed by atoms with van der Waals surface area (Å²) in [6, 6.07) is 10.7. The standard InChI is InChI=1S/C23H23N3O3S/c1-14-9-18(10-15(2)19(14)13-27)22-24-25-23(30-22)26(12-16-7-8-16)21(29)11-17-5-3-4-6-20(17)28/h3-6,9-10,13,16,28H,7-8,11-12H2,1-2H3. The largest absolute Gasteiger partial charge is 0.508 e. The molecule has 0 spiro atoms. The van der Waals surface area contributed by atoms with Crippen LogP contribution >= 0.6 is 11.3 Å². The highest BCUT2D eigenvalue weighted by Crippen LogP contribution is 2.35. The first-order valence-corrected chi connectivity index (χ1v) is 10.8. The van der Waals surface area contributed by atoms with Gasteiger partial charge >= 0.3 is 0 Å². The maximum absolute atomic E-state index is 13.1. The number of phenolic OH excluding ortho intramolecular Hbond substituents is 1. The molecule has 0 atom stereocenters. The fraction of sp³-hybridized carbons (Fsp3) is 0.304. The average Bonchev–Trinajstić information content (AvgIpc) is 3.41. The lowest BCUT2D eigenvalue weighted by Gasteiger charge is -2.19. The van der Waals surface area contributed by atoms with Crippen molar-refractivity contribution in [1.82, 2.24) is 10.2 Å². The number of amides is 1. The van der Waals surface area contributed by atoms with Crippen molar-refractivity contribution in [2.45, 2.75) is 33.1 Å². The lowest BCUT2D eigenvalue weighted by Crippen LogP contribution is -2.34. The van der Waals surface area contributed by atoms with E-state index in [1.165, 1.54) is 11.3 Å². The number of hydrogen-bond donors (Lipinski definition) is 1. The molecule has 0 bridgehead atoms. The number of aldehydes is 1. The number of phenols is 1. The Bertz CT molecular complexity index is 1080. The number of carbonyl (C=O) groups is 2. The second kappa shape index (κ2) is 8.36. The van der Waals surface area contributed by atoms with E-state index < -0.39 is 0 Å². The second-order valence-corrected chi connectivity index (χ2v) is 8.74. The zero-order valence-corrected chi connectivity index (χ0v) is 17.8. The summed E-state index contributed by atoms with van der Waals surface area (Å²) in [7, 11) is 0. The predicted molar refractivity (Wildman–Crippen MR) is 117 cm³/mol. The lowest BCUT2D eigenvalue weighted by atomic mass is 10.0. The molecule has 0 radical (unpaired) electrons.